The predicted molar refractivity (Wildman–Crippen MR) is 99.9 cm³/mol. The summed E-state index contributed by atoms with van der Waals surface area (Å²) in [6, 6.07) is 10.5. The second-order valence-corrected chi connectivity index (χ2v) is 8.33. The summed E-state index contributed by atoms with van der Waals surface area (Å²) in [5.41, 5.74) is 3.10. The lowest BCUT2D eigenvalue weighted by Gasteiger charge is -2.34. The quantitative estimate of drug-likeness (QED) is 0.920. The van der Waals surface area contributed by atoms with Gasteiger partial charge >= 0.3 is 0 Å². The third-order valence-corrected chi connectivity index (χ3v) is 6.32. The number of aryl methyl sites for hydroxylation is 1. The van der Waals surface area contributed by atoms with E-state index in [2.05, 4.69) is 29.2 Å². The highest BCUT2D eigenvalue weighted by molar-refractivity contribution is 7.12. The molecule has 0 bridgehead atoms. The van der Waals surface area contributed by atoms with E-state index in [4.69, 9.17) is 0 Å². The first-order valence-electron chi connectivity index (χ1n) is 8.88. The topological polar surface area (TPSA) is 43.8 Å². The van der Waals surface area contributed by atoms with E-state index in [1.165, 1.54) is 22.5 Å². The highest BCUT2D eigenvalue weighted by Gasteiger charge is 2.40. The van der Waals surface area contributed by atoms with Crippen LogP contribution in [0.15, 0.2) is 35.7 Å². The van der Waals surface area contributed by atoms with Crippen LogP contribution >= 0.6 is 11.3 Å². The number of thiophene rings is 1. The molecule has 132 valence electrons. The molecule has 2 aliphatic heterocycles. The van der Waals surface area contributed by atoms with Gasteiger partial charge in [0.2, 0.25) is 0 Å². The Morgan fingerprint density at radius 3 is 2.84 bits per heavy atom. The number of nitrogens with zero attached hydrogens (tertiary/aromatic N) is 2. The van der Waals surface area contributed by atoms with Crippen molar-refractivity contribution in [2.45, 2.75) is 31.9 Å². The Balaban J connectivity index is 1.39. The number of carbonyl (C=O) groups is 1. The fourth-order valence-corrected chi connectivity index (χ4v) is 4.83. The molecule has 1 atom stereocenters. The van der Waals surface area contributed by atoms with Gasteiger partial charge in [-0.25, -0.2) is 0 Å². The van der Waals surface area contributed by atoms with E-state index >= 15 is 0 Å². The van der Waals surface area contributed by atoms with Crippen LogP contribution in [0.2, 0.25) is 0 Å². The van der Waals surface area contributed by atoms with Crippen LogP contribution in [-0.4, -0.2) is 52.6 Å². The Labute approximate surface area is 152 Å². The SMILES string of the molecule is Cc1csc(C(=O)N2CC[C@@](O)(CN3CCc4ccccc4C3)C2)c1. The van der Waals surface area contributed by atoms with Gasteiger partial charge in [0.05, 0.1) is 17.0 Å². The molecule has 1 N–H and O–H groups in total. The van der Waals surface area contributed by atoms with Crippen LogP contribution in [-0.2, 0) is 13.0 Å². The molecule has 0 aliphatic carbocycles. The lowest BCUT2D eigenvalue weighted by atomic mass is 9.97. The van der Waals surface area contributed by atoms with Crippen LogP contribution < -0.4 is 0 Å². The zero-order chi connectivity index (χ0) is 17.4. The molecule has 2 aliphatic rings. The van der Waals surface area contributed by atoms with Gasteiger partial charge in [-0.1, -0.05) is 24.3 Å². The number of hydrogen-bond donors (Lipinski definition) is 1. The fraction of sp³-hybridized carbons (Fsp3) is 0.450. The number of rotatable bonds is 3. The van der Waals surface area contributed by atoms with Gasteiger partial charge in [-0.05, 0) is 47.9 Å². The van der Waals surface area contributed by atoms with E-state index in [9.17, 15) is 9.90 Å². The predicted octanol–water partition coefficient (Wildman–Crippen LogP) is 2.69. The molecule has 1 aromatic heterocycles. The number of likely N-dealkylation sites (tertiary alicyclic amines) is 1. The standard InChI is InChI=1S/C20H24N2O2S/c1-15-10-18(25-12-15)19(23)22-9-7-20(24,14-22)13-21-8-6-16-4-2-3-5-17(16)11-21/h2-5,10,12,24H,6-9,11,13-14H2,1H3/t20-/m1/s1. The first-order valence-corrected chi connectivity index (χ1v) is 9.76. The molecule has 1 fully saturated rings. The zero-order valence-electron chi connectivity index (χ0n) is 14.6. The molecule has 0 spiro atoms. The number of carbonyl (C=O) groups excluding carboxylic acids is 1. The van der Waals surface area contributed by atoms with Crippen molar-refractivity contribution >= 4 is 17.2 Å². The molecule has 4 rings (SSSR count). The summed E-state index contributed by atoms with van der Waals surface area (Å²) < 4.78 is 0. The van der Waals surface area contributed by atoms with Gasteiger partial charge in [0.1, 0.15) is 0 Å². The van der Waals surface area contributed by atoms with Gasteiger partial charge in [-0.2, -0.15) is 0 Å². The van der Waals surface area contributed by atoms with Crippen molar-refractivity contribution in [3.8, 4) is 0 Å². The average Bonchev–Trinajstić information content (AvgIpc) is 3.20. The van der Waals surface area contributed by atoms with Crippen molar-refractivity contribution in [3.63, 3.8) is 0 Å². The van der Waals surface area contributed by atoms with Crippen LogP contribution in [0.3, 0.4) is 0 Å². The molecule has 0 unspecified atom stereocenters. The Kier molecular flexibility index (Phi) is 4.40. The van der Waals surface area contributed by atoms with E-state index in [1.807, 2.05) is 23.3 Å². The van der Waals surface area contributed by atoms with Crippen LogP contribution in [0.1, 0.15) is 32.8 Å². The molecular formula is C20H24N2O2S. The fourth-order valence-electron chi connectivity index (χ4n) is 3.96. The third kappa shape index (κ3) is 3.50. The Bertz CT molecular complexity index is 788. The van der Waals surface area contributed by atoms with Gasteiger partial charge in [0.25, 0.3) is 5.91 Å². The van der Waals surface area contributed by atoms with E-state index < -0.39 is 5.60 Å². The summed E-state index contributed by atoms with van der Waals surface area (Å²) in [5.74, 6) is 0.0537. The largest absolute Gasteiger partial charge is 0.387 e. The lowest BCUT2D eigenvalue weighted by Crippen LogP contribution is -2.47. The second-order valence-electron chi connectivity index (χ2n) is 7.42. The van der Waals surface area contributed by atoms with Crippen molar-refractivity contribution in [2.75, 3.05) is 26.2 Å². The maximum Gasteiger partial charge on any atom is 0.264 e. The van der Waals surface area contributed by atoms with Gasteiger partial charge in [-0.3, -0.25) is 9.69 Å². The molecular weight excluding hydrogens is 332 g/mol. The summed E-state index contributed by atoms with van der Waals surface area (Å²) >= 11 is 1.49. The monoisotopic (exact) mass is 356 g/mol. The molecule has 5 heteroatoms. The summed E-state index contributed by atoms with van der Waals surface area (Å²) in [4.78, 5) is 17.5. The number of amides is 1. The number of β-amino-alcohol motifs (C(OH)–C–C–N with tert-alkyl or cyclic N) is 1. The van der Waals surface area contributed by atoms with E-state index in [0.717, 1.165) is 30.0 Å². The Hall–Kier alpha value is -1.69. The molecule has 2 aromatic rings. The Morgan fingerprint density at radius 2 is 2.08 bits per heavy atom. The highest BCUT2D eigenvalue weighted by Crippen LogP contribution is 2.28. The minimum atomic E-state index is -0.797. The minimum absolute atomic E-state index is 0.0537. The summed E-state index contributed by atoms with van der Waals surface area (Å²) in [7, 11) is 0. The highest BCUT2D eigenvalue weighted by atomic mass is 32.1. The van der Waals surface area contributed by atoms with Crippen LogP contribution in [0.5, 0.6) is 0 Å². The van der Waals surface area contributed by atoms with Crippen molar-refractivity contribution in [3.05, 3.63) is 57.3 Å². The molecule has 0 saturated carbocycles. The number of aliphatic hydroxyl groups is 1. The molecule has 1 aromatic carbocycles. The lowest BCUT2D eigenvalue weighted by molar-refractivity contribution is 0.00810. The smallest absolute Gasteiger partial charge is 0.264 e. The molecule has 1 amide bonds. The van der Waals surface area contributed by atoms with Crippen LogP contribution in [0.25, 0.3) is 0 Å². The Morgan fingerprint density at radius 1 is 1.28 bits per heavy atom. The summed E-state index contributed by atoms with van der Waals surface area (Å²) in [6.07, 6.45) is 1.69. The minimum Gasteiger partial charge on any atom is -0.387 e. The molecule has 0 radical (unpaired) electrons. The van der Waals surface area contributed by atoms with Gasteiger partial charge < -0.3 is 10.0 Å². The van der Waals surface area contributed by atoms with Crippen LogP contribution in [0.4, 0.5) is 0 Å². The van der Waals surface area contributed by atoms with Gasteiger partial charge in [0.15, 0.2) is 0 Å². The first-order chi connectivity index (χ1) is 12.0. The molecule has 4 nitrogen and oxygen atoms in total. The van der Waals surface area contributed by atoms with Crippen molar-refractivity contribution in [1.29, 1.82) is 0 Å². The molecule has 1 saturated heterocycles. The van der Waals surface area contributed by atoms with Crippen molar-refractivity contribution in [1.82, 2.24) is 9.80 Å². The van der Waals surface area contributed by atoms with E-state index in [-0.39, 0.29) is 5.91 Å². The number of hydrogen-bond acceptors (Lipinski definition) is 4. The van der Waals surface area contributed by atoms with Crippen molar-refractivity contribution < 1.29 is 9.90 Å². The normalized spacial score (nSPS) is 23.7. The summed E-state index contributed by atoms with van der Waals surface area (Å²) in [5, 5.41) is 13.0. The maximum absolute atomic E-state index is 12.6. The van der Waals surface area contributed by atoms with E-state index in [1.54, 1.807) is 0 Å². The van der Waals surface area contributed by atoms with E-state index in [0.29, 0.717) is 26.1 Å². The average molecular weight is 356 g/mol. The number of fused-ring (bicyclic) bond motifs is 1. The molecule has 3 heterocycles. The number of benzene rings is 1. The maximum atomic E-state index is 12.6. The first kappa shape index (κ1) is 16.8. The van der Waals surface area contributed by atoms with Gasteiger partial charge in [0, 0.05) is 26.2 Å². The van der Waals surface area contributed by atoms with Crippen molar-refractivity contribution in [2.24, 2.45) is 0 Å². The second kappa shape index (κ2) is 6.56. The van der Waals surface area contributed by atoms with Crippen LogP contribution in [0, 0.1) is 6.92 Å². The zero-order valence-corrected chi connectivity index (χ0v) is 15.4. The third-order valence-electron chi connectivity index (χ3n) is 5.29. The molecule has 25 heavy (non-hydrogen) atoms. The summed E-state index contributed by atoms with van der Waals surface area (Å²) in [6.45, 7) is 5.56. The van der Waals surface area contributed by atoms with Gasteiger partial charge in [-0.15, -0.1) is 11.3 Å².